The van der Waals surface area contributed by atoms with Crippen LogP contribution in [0, 0.1) is 5.92 Å². The van der Waals surface area contributed by atoms with Gasteiger partial charge in [-0.1, -0.05) is 6.92 Å². The predicted octanol–water partition coefficient (Wildman–Crippen LogP) is 4.08. The van der Waals surface area contributed by atoms with Gasteiger partial charge in [0.25, 0.3) is 5.91 Å². The van der Waals surface area contributed by atoms with Crippen LogP contribution in [0.1, 0.15) is 59.5 Å². The molecule has 2 aliphatic rings. The van der Waals surface area contributed by atoms with Crippen LogP contribution in [0.3, 0.4) is 0 Å². The number of hydrogen-bond donors (Lipinski definition) is 1. The minimum absolute atomic E-state index is 0.174. The molecule has 2 aromatic rings. The van der Waals surface area contributed by atoms with E-state index in [1.807, 2.05) is 4.90 Å². The first-order valence-electron chi connectivity index (χ1n) is 10.3. The van der Waals surface area contributed by atoms with Gasteiger partial charge in [-0.25, -0.2) is 4.98 Å². The van der Waals surface area contributed by atoms with Gasteiger partial charge in [0.2, 0.25) is 5.91 Å². The van der Waals surface area contributed by atoms with Crippen LogP contribution in [-0.2, 0) is 11.2 Å². The van der Waals surface area contributed by atoms with Crippen LogP contribution in [0.15, 0.2) is 24.3 Å². The van der Waals surface area contributed by atoms with Crippen LogP contribution in [0.2, 0.25) is 0 Å². The molecule has 2 amide bonds. The number of likely N-dealkylation sites (tertiary alicyclic amines) is 1. The molecular formula is C22H27N3O3S. The van der Waals surface area contributed by atoms with E-state index in [2.05, 4.69) is 17.2 Å². The van der Waals surface area contributed by atoms with Crippen molar-refractivity contribution in [1.29, 1.82) is 0 Å². The molecule has 0 radical (unpaired) electrons. The zero-order valence-electron chi connectivity index (χ0n) is 16.9. The second-order valence-corrected chi connectivity index (χ2v) is 9.07. The lowest BCUT2D eigenvalue weighted by Crippen LogP contribution is -2.42. The van der Waals surface area contributed by atoms with Crippen molar-refractivity contribution >= 4 is 28.3 Å². The van der Waals surface area contributed by atoms with E-state index in [1.165, 1.54) is 17.8 Å². The highest BCUT2D eigenvalue weighted by Crippen LogP contribution is 2.38. The monoisotopic (exact) mass is 413 g/mol. The van der Waals surface area contributed by atoms with Crippen molar-refractivity contribution in [2.45, 2.75) is 44.9 Å². The lowest BCUT2D eigenvalue weighted by atomic mass is 9.88. The zero-order chi connectivity index (χ0) is 20.4. The number of nitrogens with zero attached hydrogens (tertiary/aromatic N) is 2. The largest absolute Gasteiger partial charge is 0.497 e. The number of amides is 2. The fourth-order valence-electron chi connectivity index (χ4n) is 4.23. The number of piperidine rings is 1. The number of anilines is 1. The summed E-state index contributed by atoms with van der Waals surface area (Å²) in [7, 11) is 1.59. The van der Waals surface area contributed by atoms with Crippen LogP contribution < -0.4 is 10.1 Å². The molecule has 0 spiro atoms. The Hall–Kier alpha value is -2.41. The smallest absolute Gasteiger partial charge is 0.257 e. The molecular weight excluding hydrogens is 386 g/mol. The molecule has 154 valence electrons. The number of thiazole rings is 1. The molecule has 1 aliphatic heterocycles. The van der Waals surface area contributed by atoms with Crippen LogP contribution in [0.5, 0.6) is 5.75 Å². The number of fused-ring (bicyclic) bond motifs is 1. The molecule has 1 saturated heterocycles. The minimum Gasteiger partial charge on any atom is -0.497 e. The number of nitrogens with one attached hydrogen (secondary N) is 1. The van der Waals surface area contributed by atoms with Crippen LogP contribution in [0.25, 0.3) is 0 Å². The van der Waals surface area contributed by atoms with Gasteiger partial charge in [0.1, 0.15) is 5.75 Å². The molecule has 1 fully saturated rings. The van der Waals surface area contributed by atoms with E-state index < -0.39 is 0 Å². The Bertz CT molecular complexity index is 893. The third kappa shape index (κ3) is 4.29. The average Bonchev–Trinajstić information content (AvgIpc) is 3.15. The van der Waals surface area contributed by atoms with Crippen molar-refractivity contribution in [3.8, 4) is 5.75 Å². The van der Waals surface area contributed by atoms with Crippen LogP contribution in [0.4, 0.5) is 5.13 Å². The van der Waals surface area contributed by atoms with E-state index in [9.17, 15) is 9.59 Å². The first kappa shape index (κ1) is 19.9. The maximum Gasteiger partial charge on any atom is 0.257 e. The highest BCUT2D eigenvalue weighted by Gasteiger charge is 2.34. The highest BCUT2D eigenvalue weighted by atomic mass is 32.1. The third-order valence-corrected chi connectivity index (χ3v) is 6.84. The highest BCUT2D eigenvalue weighted by molar-refractivity contribution is 7.16. The van der Waals surface area contributed by atoms with Crippen molar-refractivity contribution < 1.29 is 14.3 Å². The SMILES string of the molecule is COc1ccc(C(=O)Nc2nc3c(s2)CCCC3C(=O)N2CCCC(C)C2)cc1. The van der Waals surface area contributed by atoms with Crippen molar-refractivity contribution in [3.05, 3.63) is 40.4 Å². The molecule has 1 N–H and O–H groups in total. The Kier molecular flexibility index (Phi) is 5.85. The van der Waals surface area contributed by atoms with Crippen molar-refractivity contribution in [2.24, 2.45) is 5.92 Å². The van der Waals surface area contributed by atoms with Gasteiger partial charge >= 0.3 is 0 Å². The summed E-state index contributed by atoms with van der Waals surface area (Å²) in [5, 5.41) is 3.47. The van der Waals surface area contributed by atoms with Crippen molar-refractivity contribution in [3.63, 3.8) is 0 Å². The maximum absolute atomic E-state index is 13.2. The molecule has 0 bridgehead atoms. The molecule has 1 aromatic heterocycles. The summed E-state index contributed by atoms with van der Waals surface area (Å²) in [4.78, 5) is 33.6. The summed E-state index contributed by atoms with van der Waals surface area (Å²) in [5.74, 6) is 1.10. The fourth-order valence-corrected chi connectivity index (χ4v) is 5.29. The van der Waals surface area contributed by atoms with E-state index in [0.29, 0.717) is 22.4 Å². The lowest BCUT2D eigenvalue weighted by Gasteiger charge is -2.34. The number of carbonyl (C=O) groups excluding carboxylic acids is 2. The number of aryl methyl sites for hydroxylation is 1. The number of carbonyl (C=O) groups is 2. The third-order valence-electron chi connectivity index (χ3n) is 5.79. The number of aromatic nitrogens is 1. The van der Waals surface area contributed by atoms with E-state index in [1.54, 1.807) is 31.4 Å². The lowest BCUT2D eigenvalue weighted by molar-refractivity contribution is -0.135. The van der Waals surface area contributed by atoms with Gasteiger partial charge in [-0.3, -0.25) is 14.9 Å². The van der Waals surface area contributed by atoms with E-state index in [0.717, 1.165) is 49.3 Å². The standard InChI is InChI=1S/C22H27N3O3S/c1-14-5-4-12-25(13-14)21(27)17-6-3-7-18-19(17)23-22(29-18)24-20(26)15-8-10-16(28-2)11-9-15/h8-11,14,17H,3-7,12-13H2,1-2H3,(H,23,24,26). The zero-order valence-corrected chi connectivity index (χ0v) is 17.8. The summed E-state index contributed by atoms with van der Waals surface area (Å²) < 4.78 is 5.14. The first-order valence-corrected chi connectivity index (χ1v) is 11.1. The van der Waals surface area contributed by atoms with Gasteiger partial charge in [-0.15, -0.1) is 11.3 Å². The van der Waals surface area contributed by atoms with E-state index in [4.69, 9.17) is 4.74 Å². The summed E-state index contributed by atoms with van der Waals surface area (Å²) >= 11 is 1.50. The predicted molar refractivity (Wildman–Crippen MR) is 114 cm³/mol. The molecule has 2 unspecified atom stereocenters. The minimum atomic E-state index is -0.202. The van der Waals surface area contributed by atoms with Crippen molar-refractivity contribution in [1.82, 2.24) is 9.88 Å². The summed E-state index contributed by atoms with van der Waals surface area (Å²) in [6, 6.07) is 6.98. The molecule has 2 heterocycles. The Morgan fingerprint density at radius 1 is 1.21 bits per heavy atom. The molecule has 1 aliphatic carbocycles. The summed E-state index contributed by atoms with van der Waals surface area (Å²) in [6.07, 6.45) is 5.02. The Morgan fingerprint density at radius 2 is 2.00 bits per heavy atom. The van der Waals surface area contributed by atoms with Gasteiger partial charge < -0.3 is 9.64 Å². The number of ether oxygens (including phenoxy) is 1. The fraction of sp³-hybridized carbons (Fsp3) is 0.500. The summed E-state index contributed by atoms with van der Waals surface area (Å²) in [5.41, 5.74) is 1.42. The Labute approximate surface area is 175 Å². The first-order chi connectivity index (χ1) is 14.0. The quantitative estimate of drug-likeness (QED) is 0.820. The second kappa shape index (κ2) is 8.53. The van der Waals surface area contributed by atoms with Gasteiger partial charge in [-0.05, 0) is 62.3 Å². The Morgan fingerprint density at radius 3 is 2.72 bits per heavy atom. The number of hydrogen-bond acceptors (Lipinski definition) is 5. The maximum atomic E-state index is 13.2. The molecule has 6 nitrogen and oxygen atoms in total. The summed E-state index contributed by atoms with van der Waals surface area (Å²) in [6.45, 7) is 3.90. The number of methoxy groups -OCH3 is 1. The molecule has 29 heavy (non-hydrogen) atoms. The van der Waals surface area contributed by atoms with Crippen molar-refractivity contribution in [2.75, 3.05) is 25.5 Å². The van der Waals surface area contributed by atoms with Gasteiger partial charge in [-0.2, -0.15) is 0 Å². The number of rotatable bonds is 4. The Balaban J connectivity index is 1.49. The number of benzene rings is 1. The molecule has 0 saturated carbocycles. The van der Waals surface area contributed by atoms with Gasteiger partial charge in [0, 0.05) is 23.5 Å². The van der Waals surface area contributed by atoms with E-state index in [-0.39, 0.29) is 17.7 Å². The van der Waals surface area contributed by atoms with Crippen LogP contribution in [-0.4, -0.2) is 41.9 Å². The molecule has 4 rings (SSSR count). The molecule has 2 atom stereocenters. The second-order valence-electron chi connectivity index (χ2n) is 7.99. The van der Waals surface area contributed by atoms with Crippen LogP contribution >= 0.6 is 11.3 Å². The topological polar surface area (TPSA) is 71.5 Å². The average molecular weight is 414 g/mol. The van der Waals surface area contributed by atoms with E-state index >= 15 is 0 Å². The molecule has 7 heteroatoms. The van der Waals surface area contributed by atoms with Gasteiger partial charge in [0.05, 0.1) is 18.7 Å². The van der Waals surface area contributed by atoms with Gasteiger partial charge in [0.15, 0.2) is 5.13 Å². The molecule has 1 aromatic carbocycles. The normalized spacial score (nSPS) is 21.4.